The average Bonchev–Trinajstić information content (AvgIpc) is 2.45. The van der Waals surface area contributed by atoms with Crippen molar-refractivity contribution >= 4 is 24.1 Å². The van der Waals surface area contributed by atoms with E-state index >= 15 is 0 Å². The third-order valence-electron chi connectivity index (χ3n) is 2.81. The third kappa shape index (κ3) is 4.11. The summed E-state index contributed by atoms with van der Waals surface area (Å²) in [5.41, 5.74) is 0.0249. The molecule has 1 aromatic rings. The minimum absolute atomic E-state index is 0.0448. The number of nitrogens with zero attached hydrogens (tertiary/aromatic N) is 1. The van der Waals surface area contributed by atoms with Gasteiger partial charge in [0.15, 0.2) is 6.29 Å². The van der Waals surface area contributed by atoms with Crippen LogP contribution in [-0.4, -0.2) is 45.4 Å². The molecule has 21 heavy (non-hydrogen) atoms. The van der Waals surface area contributed by atoms with E-state index in [1.54, 1.807) is 6.07 Å². The number of aldehydes is 1. The molecule has 0 aliphatic heterocycles. The lowest BCUT2D eigenvalue weighted by Crippen LogP contribution is -2.50. The van der Waals surface area contributed by atoms with Crippen LogP contribution in [0.25, 0.3) is 0 Å². The van der Waals surface area contributed by atoms with E-state index in [1.807, 2.05) is 0 Å². The monoisotopic (exact) mass is 294 g/mol. The van der Waals surface area contributed by atoms with Gasteiger partial charge in [-0.15, -0.1) is 0 Å². The number of rotatable bonds is 7. The quantitative estimate of drug-likeness (QED) is 0.281. The summed E-state index contributed by atoms with van der Waals surface area (Å²) in [7, 11) is 0. The van der Waals surface area contributed by atoms with Gasteiger partial charge >= 0.3 is 11.9 Å². The number of carboxylic acids is 2. The van der Waals surface area contributed by atoms with Gasteiger partial charge in [-0.1, -0.05) is 18.2 Å². The van der Waals surface area contributed by atoms with E-state index in [2.05, 4.69) is 0 Å². The maximum Gasteiger partial charge on any atom is 0.328 e. The second-order valence-corrected chi connectivity index (χ2v) is 4.20. The Bertz CT molecular complexity index is 572. The Morgan fingerprint density at radius 1 is 1.24 bits per heavy atom. The lowest BCUT2D eigenvalue weighted by molar-refractivity contribution is -0.143. The van der Waals surface area contributed by atoms with Crippen LogP contribution < -0.4 is 5.84 Å². The highest BCUT2D eigenvalue weighted by Gasteiger charge is 2.29. The molecular formula is C13H14N2O6. The van der Waals surface area contributed by atoms with Crippen molar-refractivity contribution in [2.75, 3.05) is 0 Å². The number of hydrogen-bond acceptors (Lipinski definition) is 5. The number of aliphatic carboxylic acids is 2. The number of carboxylic acid groups (broad SMARTS) is 2. The minimum Gasteiger partial charge on any atom is -0.481 e. The molecule has 0 unspecified atom stereocenters. The largest absolute Gasteiger partial charge is 0.481 e. The molecule has 1 rings (SSSR count). The number of hydrazine groups is 1. The summed E-state index contributed by atoms with van der Waals surface area (Å²) in [5, 5.41) is 18.1. The normalized spacial score (nSPS) is 11.5. The number of nitrogens with two attached hydrogens (primary N) is 1. The van der Waals surface area contributed by atoms with E-state index in [0.29, 0.717) is 11.3 Å². The highest BCUT2D eigenvalue weighted by Crippen LogP contribution is 2.12. The number of amides is 1. The second-order valence-electron chi connectivity index (χ2n) is 4.20. The van der Waals surface area contributed by atoms with Gasteiger partial charge in [0.05, 0.1) is 5.56 Å². The van der Waals surface area contributed by atoms with Gasteiger partial charge in [0.2, 0.25) is 0 Å². The fourth-order valence-electron chi connectivity index (χ4n) is 1.72. The van der Waals surface area contributed by atoms with Gasteiger partial charge < -0.3 is 10.2 Å². The van der Waals surface area contributed by atoms with Crippen molar-refractivity contribution in [1.82, 2.24) is 5.01 Å². The van der Waals surface area contributed by atoms with E-state index in [1.165, 1.54) is 18.2 Å². The summed E-state index contributed by atoms with van der Waals surface area (Å²) >= 11 is 0. The SMILES string of the molecule is NN(C(=O)c1ccccc1C=O)[C@@H](CCC(=O)O)C(=O)O. The Morgan fingerprint density at radius 3 is 2.38 bits per heavy atom. The Balaban J connectivity index is 2.99. The summed E-state index contributed by atoms with van der Waals surface area (Å²) in [5.74, 6) is 2.01. The van der Waals surface area contributed by atoms with Crippen LogP contribution >= 0.6 is 0 Å². The number of carbonyl (C=O) groups excluding carboxylic acids is 2. The van der Waals surface area contributed by atoms with Crippen molar-refractivity contribution in [3.05, 3.63) is 35.4 Å². The maximum atomic E-state index is 12.1. The number of carbonyl (C=O) groups is 4. The zero-order valence-corrected chi connectivity index (χ0v) is 10.9. The molecule has 0 bridgehead atoms. The van der Waals surface area contributed by atoms with Crippen molar-refractivity contribution < 1.29 is 29.4 Å². The smallest absolute Gasteiger partial charge is 0.328 e. The average molecular weight is 294 g/mol. The van der Waals surface area contributed by atoms with E-state index in [-0.39, 0.29) is 17.5 Å². The zero-order valence-electron chi connectivity index (χ0n) is 10.9. The van der Waals surface area contributed by atoms with Crippen LogP contribution in [-0.2, 0) is 9.59 Å². The summed E-state index contributed by atoms with van der Waals surface area (Å²) < 4.78 is 0. The fraction of sp³-hybridized carbons (Fsp3) is 0.231. The lowest BCUT2D eigenvalue weighted by Gasteiger charge is -2.24. The van der Waals surface area contributed by atoms with Crippen LogP contribution in [0.1, 0.15) is 33.6 Å². The topological polar surface area (TPSA) is 138 Å². The van der Waals surface area contributed by atoms with E-state index in [0.717, 1.165) is 0 Å². The Kier molecular flexibility index (Phi) is 5.56. The third-order valence-corrected chi connectivity index (χ3v) is 2.81. The molecule has 0 fully saturated rings. The van der Waals surface area contributed by atoms with Crippen LogP contribution in [0.3, 0.4) is 0 Å². The predicted octanol–water partition coefficient (Wildman–Crippen LogP) is 0.133. The van der Waals surface area contributed by atoms with Crippen molar-refractivity contribution in [2.24, 2.45) is 5.84 Å². The molecule has 0 aliphatic carbocycles. The molecule has 0 aliphatic rings. The molecule has 8 heteroatoms. The lowest BCUT2D eigenvalue weighted by atomic mass is 10.1. The van der Waals surface area contributed by atoms with Crippen LogP contribution in [0, 0.1) is 0 Å². The number of benzene rings is 1. The van der Waals surface area contributed by atoms with E-state index in [4.69, 9.17) is 16.1 Å². The Labute approximate surface area is 119 Å². The molecule has 8 nitrogen and oxygen atoms in total. The summed E-state index contributed by atoms with van der Waals surface area (Å²) in [6, 6.07) is 4.28. The van der Waals surface area contributed by atoms with Crippen molar-refractivity contribution in [1.29, 1.82) is 0 Å². The number of hydrogen-bond donors (Lipinski definition) is 3. The molecule has 0 heterocycles. The molecule has 0 radical (unpaired) electrons. The Morgan fingerprint density at radius 2 is 1.86 bits per heavy atom. The fourth-order valence-corrected chi connectivity index (χ4v) is 1.72. The first-order valence-electron chi connectivity index (χ1n) is 5.95. The first-order chi connectivity index (χ1) is 9.88. The van der Waals surface area contributed by atoms with E-state index in [9.17, 15) is 19.2 Å². The minimum atomic E-state index is -1.49. The summed E-state index contributed by atoms with van der Waals surface area (Å²) in [4.78, 5) is 44.6. The molecule has 1 aromatic carbocycles. The molecule has 112 valence electrons. The maximum absolute atomic E-state index is 12.1. The Hall–Kier alpha value is -2.74. The van der Waals surface area contributed by atoms with Gasteiger partial charge in [-0.2, -0.15) is 0 Å². The van der Waals surface area contributed by atoms with Crippen LogP contribution in [0.4, 0.5) is 0 Å². The first-order valence-corrected chi connectivity index (χ1v) is 5.95. The standard InChI is InChI=1S/C13H14N2O6/c14-15(10(13(20)21)5-6-11(17)18)12(19)9-4-2-1-3-8(9)7-16/h1-4,7,10H,5-6,14H2,(H,17,18)(H,20,21)/t10-/m0/s1. The van der Waals surface area contributed by atoms with Crippen molar-refractivity contribution in [3.8, 4) is 0 Å². The molecular weight excluding hydrogens is 280 g/mol. The molecule has 0 saturated carbocycles. The van der Waals surface area contributed by atoms with E-state index < -0.39 is 30.3 Å². The highest BCUT2D eigenvalue weighted by molar-refractivity contribution is 6.02. The van der Waals surface area contributed by atoms with Crippen molar-refractivity contribution in [2.45, 2.75) is 18.9 Å². The van der Waals surface area contributed by atoms with Gasteiger partial charge in [-0.05, 0) is 12.5 Å². The van der Waals surface area contributed by atoms with Crippen LogP contribution in [0.5, 0.6) is 0 Å². The van der Waals surface area contributed by atoms with Crippen LogP contribution in [0.2, 0.25) is 0 Å². The molecule has 1 atom stereocenters. The predicted molar refractivity (Wildman–Crippen MR) is 70.5 cm³/mol. The summed E-state index contributed by atoms with van der Waals surface area (Å²) in [6.07, 6.45) is -0.336. The van der Waals surface area contributed by atoms with Crippen LogP contribution in [0.15, 0.2) is 24.3 Å². The first kappa shape index (κ1) is 16.3. The molecule has 0 spiro atoms. The zero-order chi connectivity index (χ0) is 16.0. The van der Waals surface area contributed by atoms with Gasteiger partial charge in [-0.3, -0.25) is 19.4 Å². The van der Waals surface area contributed by atoms with Gasteiger partial charge in [0, 0.05) is 12.0 Å². The second kappa shape index (κ2) is 7.15. The molecule has 0 aromatic heterocycles. The van der Waals surface area contributed by atoms with Gasteiger partial charge in [-0.25, -0.2) is 10.6 Å². The summed E-state index contributed by atoms with van der Waals surface area (Å²) in [6.45, 7) is 0. The highest BCUT2D eigenvalue weighted by atomic mass is 16.4. The molecule has 1 amide bonds. The molecule has 0 saturated heterocycles. The van der Waals surface area contributed by atoms with Gasteiger partial charge in [0.1, 0.15) is 6.04 Å². The molecule has 4 N–H and O–H groups in total. The van der Waals surface area contributed by atoms with Crippen molar-refractivity contribution in [3.63, 3.8) is 0 Å². The van der Waals surface area contributed by atoms with Gasteiger partial charge in [0.25, 0.3) is 5.91 Å².